The lowest BCUT2D eigenvalue weighted by Crippen LogP contribution is -2.48. The standard InChI is InChI=1S/C16H16Cl2N2O3/c1-9-4-2-3-5-19(9)14(21)8-20-15(22)10-6-12(17)13(18)7-11(10)16(20)23/h6-7,9H,2-5,8H2,1H3/t9-/m1/s1. The van der Waals surface area contributed by atoms with Crippen molar-refractivity contribution in [3.05, 3.63) is 33.3 Å². The zero-order valence-corrected chi connectivity index (χ0v) is 14.2. The number of carbonyl (C=O) groups is 3. The molecule has 1 saturated heterocycles. The second-order valence-electron chi connectivity index (χ2n) is 5.94. The zero-order chi connectivity index (χ0) is 16.7. The molecule has 2 aliphatic heterocycles. The van der Waals surface area contributed by atoms with E-state index in [1.807, 2.05) is 6.92 Å². The van der Waals surface area contributed by atoms with E-state index >= 15 is 0 Å². The highest BCUT2D eigenvalue weighted by molar-refractivity contribution is 6.43. The maximum absolute atomic E-state index is 12.5. The van der Waals surface area contributed by atoms with Crippen molar-refractivity contribution in [1.82, 2.24) is 9.80 Å². The molecule has 1 atom stereocenters. The van der Waals surface area contributed by atoms with E-state index in [1.54, 1.807) is 4.90 Å². The fourth-order valence-electron chi connectivity index (χ4n) is 3.12. The summed E-state index contributed by atoms with van der Waals surface area (Å²) in [6, 6.07) is 2.90. The van der Waals surface area contributed by atoms with Gasteiger partial charge in [0, 0.05) is 12.6 Å². The molecule has 2 aliphatic rings. The predicted octanol–water partition coefficient (Wildman–Crippen LogP) is 2.99. The number of nitrogens with zero attached hydrogens (tertiary/aromatic N) is 2. The molecule has 1 aromatic carbocycles. The number of hydrogen-bond acceptors (Lipinski definition) is 3. The van der Waals surface area contributed by atoms with Gasteiger partial charge in [-0.2, -0.15) is 0 Å². The lowest BCUT2D eigenvalue weighted by atomic mass is 10.0. The third-order valence-corrected chi connectivity index (χ3v) is 5.15. The Morgan fingerprint density at radius 2 is 1.70 bits per heavy atom. The fourth-order valence-corrected chi connectivity index (χ4v) is 3.45. The Labute approximate surface area is 144 Å². The lowest BCUT2D eigenvalue weighted by molar-refractivity contribution is -0.134. The van der Waals surface area contributed by atoms with Crippen molar-refractivity contribution in [2.45, 2.75) is 32.2 Å². The van der Waals surface area contributed by atoms with Gasteiger partial charge in [-0.25, -0.2) is 0 Å². The van der Waals surface area contributed by atoms with Crippen molar-refractivity contribution in [1.29, 1.82) is 0 Å². The van der Waals surface area contributed by atoms with Crippen molar-refractivity contribution in [2.24, 2.45) is 0 Å². The first-order valence-corrected chi connectivity index (χ1v) is 8.30. The average molecular weight is 355 g/mol. The summed E-state index contributed by atoms with van der Waals surface area (Å²) in [6.07, 6.45) is 2.98. The van der Waals surface area contributed by atoms with E-state index in [1.165, 1.54) is 12.1 Å². The number of hydrogen-bond donors (Lipinski definition) is 0. The number of carbonyl (C=O) groups excluding carboxylic acids is 3. The van der Waals surface area contributed by atoms with Crippen LogP contribution in [0.25, 0.3) is 0 Å². The van der Waals surface area contributed by atoms with Gasteiger partial charge < -0.3 is 4.90 Å². The summed E-state index contributed by atoms with van der Waals surface area (Å²) >= 11 is 11.8. The van der Waals surface area contributed by atoms with E-state index in [9.17, 15) is 14.4 Å². The van der Waals surface area contributed by atoms with Crippen molar-refractivity contribution in [2.75, 3.05) is 13.1 Å². The molecular formula is C16H16Cl2N2O3. The van der Waals surface area contributed by atoms with Gasteiger partial charge in [-0.15, -0.1) is 0 Å². The number of piperidine rings is 1. The van der Waals surface area contributed by atoms with Crippen LogP contribution in [0, 0.1) is 0 Å². The molecular weight excluding hydrogens is 339 g/mol. The third-order valence-electron chi connectivity index (χ3n) is 4.43. The molecule has 0 spiro atoms. The molecule has 3 amide bonds. The maximum atomic E-state index is 12.5. The van der Waals surface area contributed by atoms with Crippen LogP contribution in [-0.4, -0.2) is 46.7 Å². The summed E-state index contributed by atoms with van der Waals surface area (Å²) in [7, 11) is 0. The summed E-state index contributed by atoms with van der Waals surface area (Å²) < 4.78 is 0. The van der Waals surface area contributed by atoms with Gasteiger partial charge in [-0.05, 0) is 38.3 Å². The van der Waals surface area contributed by atoms with E-state index < -0.39 is 11.8 Å². The van der Waals surface area contributed by atoms with Crippen LogP contribution in [0.2, 0.25) is 10.0 Å². The van der Waals surface area contributed by atoms with Gasteiger partial charge in [0.05, 0.1) is 21.2 Å². The summed E-state index contributed by atoms with van der Waals surface area (Å²) in [5.41, 5.74) is 0.396. The first kappa shape index (κ1) is 16.3. The molecule has 2 heterocycles. The minimum atomic E-state index is -0.499. The van der Waals surface area contributed by atoms with Crippen LogP contribution in [0.15, 0.2) is 12.1 Å². The van der Waals surface area contributed by atoms with Crippen LogP contribution in [-0.2, 0) is 4.79 Å². The van der Waals surface area contributed by atoms with Crippen LogP contribution in [0.4, 0.5) is 0 Å². The Hall–Kier alpha value is -1.59. The van der Waals surface area contributed by atoms with Crippen LogP contribution >= 0.6 is 23.2 Å². The monoisotopic (exact) mass is 354 g/mol. The van der Waals surface area contributed by atoms with E-state index in [0.29, 0.717) is 6.54 Å². The number of rotatable bonds is 2. The number of likely N-dealkylation sites (tertiary alicyclic amines) is 1. The summed E-state index contributed by atoms with van der Waals surface area (Å²) in [6.45, 7) is 2.41. The summed E-state index contributed by atoms with van der Waals surface area (Å²) in [4.78, 5) is 40.0. The Balaban J connectivity index is 1.81. The van der Waals surface area contributed by atoms with E-state index in [2.05, 4.69) is 0 Å². The molecule has 3 rings (SSSR count). The van der Waals surface area contributed by atoms with Crippen molar-refractivity contribution < 1.29 is 14.4 Å². The molecule has 0 aromatic heterocycles. The third kappa shape index (κ3) is 2.83. The van der Waals surface area contributed by atoms with Crippen LogP contribution < -0.4 is 0 Å². The summed E-state index contributed by atoms with van der Waals surface area (Å²) in [5, 5.41) is 0.425. The van der Waals surface area contributed by atoms with E-state index in [-0.39, 0.29) is 39.7 Å². The second-order valence-corrected chi connectivity index (χ2v) is 6.75. The number of imide groups is 1. The van der Waals surface area contributed by atoms with Gasteiger partial charge in [0.15, 0.2) is 0 Å². The largest absolute Gasteiger partial charge is 0.338 e. The Bertz CT molecular complexity index is 664. The molecule has 122 valence electrons. The van der Waals surface area contributed by atoms with Crippen molar-refractivity contribution in [3.8, 4) is 0 Å². The predicted molar refractivity (Wildman–Crippen MR) is 86.9 cm³/mol. The molecule has 5 nitrogen and oxygen atoms in total. The second kappa shape index (κ2) is 6.13. The SMILES string of the molecule is C[C@@H]1CCCCN1C(=O)CN1C(=O)c2cc(Cl)c(Cl)cc2C1=O. The van der Waals surface area contributed by atoms with Gasteiger partial charge in [0.25, 0.3) is 11.8 Å². The smallest absolute Gasteiger partial charge is 0.262 e. The van der Waals surface area contributed by atoms with Gasteiger partial charge >= 0.3 is 0 Å². The molecule has 0 saturated carbocycles. The highest BCUT2D eigenvalue weighted by atomic mass is 35.5. The maximum Gasteiger partial charge on any atom is 0.262 e. The first-order chi connectivity index (χ1) is 10.9. The van der Waals surface area contributed by atoms with Crippen LogP contribution in [0.5, 0.6) is 0 Å². The van der Waals surface area contributed by atoms with Crippen LogP contribution in [0.1, 0.15) is 46.9 Å². The minimum Gasteiger partial charge on any atom is -0.338 e. The van der Waals surface area contributed by atoms with Gasteiger partial charge in [-0.3, -0.25) is 19.3 Å². The minimum absolute atomic E-state index is 0.135. The number of fused-ring (bicyclic) bond motifs is 1. The highest BCUT2D eigenvalue weighted by Crippen LogP contribution is 2.31. The first-order valence-electron chi connectivity index (χ1n) is 7.55. The van der Waals surface area contributed by atoms with E-state index in [4.69, 9.17) is 23.2 Å². The van der Waals surface area contributed by atoms with E-state index in [0.717, 1.165) is 24.2 Å². The summed E-state index contributed by atoms with van der Waals surface area (Å²) in [5.74, 6) is -1.20. The van der Waals surface area contributed by atoms with Gasteiger partial charge in [0.1, 0.15) is 6.54 Å². The lowest BCUT2D eigenvalue weighted by Gasteiger charge is -2.34. The molecule has 0 N–H and O–H groups in total. The molecule has 0 radical (unpaired) electrons. The fraction of sp³-hybridized carbons (Fsp3) is 0.438. The molecule has 0 bridgehead atoms. The average Bonchev–Trinajstić information content (AvgIpc) is 2.73. The van der Waals surface area contributed by atoms with Crippen molar-refractivity contribution in [3.63, 3.8) is 0 Å². The topological polar surface area (TPSA) is 57.7 Å². The van der Waals surface area contributed by atoms with Gasteiger partial charge in [0.2, 0.25) is 5.91 Å². The Kier molecular flexibility index (Phi) is 4.34. The molecule has 1 aromatic rings. The molecule has 0 unspecified atom stereocenters. The Morgan fingerprint density at radius 1 is 1.13 bits per heavy atom. The zero-order valence-electron chi connectivity index (χ0n) is 12.6. The quantitative estimate of drug-likeness (QED) is 0.767. The molecule has 1 fully saturated rings. The molecule has 0 aliphatic carbocycles. The Morgan fingerprint density at radius 3 is 2.22 bits per heavy atom. The molecule has 23 heavy (non-hydrogen) atoms. The van der Waals surface area contributed by atoms with Crippen molar-refractivity contribution >= 4 is 40.9 Å². The number of halogens is 2. The van der Waals surface area contributed by atoms with Crippen LogP contribution in [0.3, 0.4) is 0 Å². The normalized spacial score (nSPS) is 20.9. The molecule has 7 heteroatoms. The number of benzene rings is 1. The number of amides is 3. The van der Waals surface area contributed by atoms with Gasteiger partial charge in [-0.1, -0.05) is 23.2 Å². The highest BCUT2D eigenvalue weighted by Gasteiger charge is 2.38.